The number of hydrogen-bond donors (Lipinski definition) is 2. The summed E-state index contributed by atoms with van der Waals surface area (Å²) >= 11 is 0. The summed E-state index contributed by atoms with van der Waals surface area (Å²) in [6.07, 6.45) is 17.6. The zero-order valence-electron chi connectivity index (χ0n) is 31.6. The number of aliphatic hydroxyl groups is 2. The van der Waals surface area contributed by atoms with E-state index in [0.29, 0.717) is 24.0 Å². The number of hydrogen-bond acceptors (Lipinski definition) is 7. The molecule has 0 saturated heterocycles. The summed E-state index contributed by atoms with van der Waals surface area (Å²) in [5.41, 5.74) is 0.671. The fraction of sp³-hybridized carbons (Fsp3) is 1.00. The maximum Gasteiger partial charge on any atom is 0.155 e. The van der Waals surface area contributed by atoms with Crippen molar-refractivity contribution in [2.45, 2.75) is 207 Å². The third-order valence-corrected chi connectivity index (χ3v) is 13.3. The molecule has 0 bridgehead atoms. The van der Waals surface area contributed by atoms with Crippen molar-refractivity contribution < 1.29 is 33.9 Å². The monoisotopic (exact) mass is 667 g/mol. The van der Waals surface area contributed by atoms with Crippen LogP contribution in [0.3, 0.4) is 0 Å². The molecule has 276 valence electrons. The van der Waals surface area contributed by atoms with Gasteiger partial charge in [0.1, 0.15) is 0 Å². The molecule has 0 heterocycles. The van der Waals surface area contributed by atoms with Gasteiger partial charge in [-0.3, -0.25) is 0 Å². The molecule has 0 aromatic rings. The molecule has 4 rings (SSSR count). The highest BCUT2D eigenvalue weighted by Crippen LogP contribution is 2.50. The van der Waals surface area contributed by atoms with Gasteiger partial charge in [-0.2, -0.15) is 0 Å². The van der Waals surface area contributed by atoms with Gasteiger partial charge in [0.15, 0.2) is 12.6 Å². The van der Waals surface area contributed by atoms with Crippen LogP contribution in [0, 0.1) is 34.5 Å². The molecule has 7 heteroatoms. The molecule has 0 amide bonds. The SMILES string of the molecule is CC(COC(C)OC1CCC(C(C)(C)C2CCC(O)CC2)CC1)OCC(C)OC(C)OC1CCC(C(C)(C)C2CCC(O)CC2)CC1. The van der Waals surface area contributed by atoms with Crippen LogP contribution in [0.5, 0.6) is 0 Å². The molecule has 4 saturated carbocycles. The van der Waals surface area contributed by atoms with E-state index in [1.165, 1.54) is 51.4 Å². The summed E-state index contributed by atoms with van der Waals surface area (Å²) in [5.74, 6) is 2.93. The van der Waals surface area contributed by atoms with Gasteiger partial charge in [0, 0.05) is 0 Å². The van der Waals surface area contributed by atoms with E-state index in [1.54, 1.807) is 0 Å². The molecule has 0 aromatic carbocycles. The number of rotatable bonds is 16. The Kier molecular flexibility index (Phi) is 15.4. The van der Waals surface area contributed by atoms with E-state index in [9.17, 15) is 10.2 Å². The molecule has 4 aliphatic rings. The first-order chi connectivity index (χ1) is 22.2. The Morgan fingerprint density at radius 2 is 0.809 bits per heavy atom. The Hall–Kier alpha value is -0.280. The molecule has 0 aromatic heterocycles. The molecule has 2 N–H and O–H groups in total. The largest absolute Gasteiger partial charge is 0.393 e. The first kappa shape index (κ1) is 39.5. The Bertz CT molecular complexity index is 862. The van der Waals surface area contributed by atoms with Crippen molar-refractivity contribution in [1.82, 2.24) is 0 Å². The minimum absolute atomic E-state index is 0.0417. The average molecular weight is 667 g/mol. The lowest BCUT2D eigenvalue weighted by Crippen LogP contribution is -2.39. The van der Waals surface area contributed by atoms with Crippen molar-refractivity contribution in [2.75, 3.05) is 13.2 Å². The van der Waals surface area contributed by atoms with Crippen LogP contribution in [0.2, 0.25) is 0 Å². The lowest BCUT2D eigenvalue weighted by molar-refractivity contribution is -0.207. The van der Waals surface area contributed by atoms with Gasteiger partial charge in [-0.1, -0.05) is 27.7 Å². The van der Waals surface area contributed by atoms with E-state index in [1.807, 2.05) is 20.8 Å². The molecule has 4 unspecified atom stereocenters. The van der Waals surface area contributed by atoms with Gasteiger partial charge in [-0.05, 0) is 165 Å². The Balaban J connectivity index is 1.04. The number of aliphatic hydroxyl groups excluding tert-OH is 2. The van der Waals surface area contributed by atoms with Gasteiger partial charge in [-0.25, -0.2) is 0 Å². The molecule has 47 heavy (non-hydrogen) atoms. The third kappa shape index (κ3) is 11.9. The van der Waals surface area contributed by atoms with Crippen molar-refractivity contribution in [3.63, 3.8) is 0 Å². The second-order valence-corrected chi connectivity index (χ2v) is 17.4. The highest BCUT2D eigenvalue weighted by atomic mass is 16.7. The predicted octanol–water partition coefficient (Wildman–Crippen LogP) is 8.81. The van der Waals surface area contributed by atoms with E-state index < -0.39 is 0 Å². The van der Waals surface area contributed by atoms with Gasteiger partial charge in [0.05, 0.1) is 49.8 Å². The third-order valence-electron chi connectivity index (χ3n) is 13.3. The maximum atomic E-state index is 9.94. The van der Waals surface area contributed by atoms with Gasteiger partial charge in [0.2, 0.25) is 0 Å². The second-order valence-electron chi connectivity index (χ2n) is 17.4. The van der Waals surface area contributed by atoms with Crippen LogP contribution in [0.15, 0.2) is 0 Å². The molecule has 4 fully saturated rings. The second kappa shape index (κ2) is 18.3. The Labute approximate surface area is 288 Å². The summed E-state index contributed by atoms with van der Waals surface area (Å²) in [5, 5.41) is 19.9. The highest BCUT2D eigenvalue weighted by Gasteiger charge is 2.42. The molecule has 0 aliphatic heterocycles. The van der Waals surface area contributed by atoms with Crippen LogP contribution >= 0.6 is 0 Å². The molecular weight excluding hydrogens is 592 g/mol. The maximum absolute atomic E-state index is 9.94. The van der Waals surface area contributed by atoms with E-state index in [4.69, 9.17) is 23.7 Å². The van der Waals surface area contributed by atoms with Crippen LogP contribution in [-0.2, 0) is 23.7 Å². The zero-order chi connectivity index (χ0) is 34.2. The van der Waals surface area contributed by atoms with Crippen LogP contribution in [0.1, 0.15) is 158 Å². The standard InChI is InChI=1S/C40H74O7/c1-27(25-44-29(3)46-37-21-13-33(14-22-37)39(5,6)31-9-17-35(41)18-10-31)43-26-28(2)45-30(4)47-38-23-15-34(16-24-38)40(7,8)32-11-19-36(42)20-12-32/h27-38,41-42H,9-26H2,1-8H3. The zero-order valence-corrected chi connectivity index (χ0v) is 31.6. The average Bonchev–Trinajstić information content (AvgIpc) is 3.03. The minimum atomic E-state index is -0.251. The van der Waals surface area contributed by atoms with E-state index in [0.717, 1.165) is 75.0 Å². The van der Waals surface area contributed by atoms with Crippen LogP contribution in [-0.4, -0.2) is 72.6 Å². The van der Waals surface area contributed by atoms with E-state index in [2.05, 4.69) is 34.6 Å². The lowest BCUT2D eigenvalue weighted by atomic mass is 9.60. The first-order valence-electron chi connectivity index (χ1n) is 19.8. The molecule has 7 nitrogen and oxygen atoms in total. The van der Waals surface area contributed by atoms with Crippen molar-refractivity contribution in [3.05, 3.63) is 0 Å². The molecule has 0 radical (unpaired) electrons. The van der Waals surface area contributed by atoms with Gasteiger partial charge in [-0.15, -0.1) is 0 Å². The van der Waals surface area contributed by atoms with Crippen LogP contribution in [0.25, 0.3) is 0 Å². The van der Waals surface area contributed by atoms with E-state index >= 15 is 0 Å². The summed E-state index contributed by atoms with van der Waals surface area (Å²) < 4.78 is 30.9. The van der Waals surface area contributed by atoms with Gasteiger partial charge in [0.25, 0.3) is 0 Å². The molecular formula is C40H74O7. The summed E-state index contributed by atoms with van der Waals surface area (Å²) in [4.78, 5) is 0. The quantitative estimate of drug-likeness (QED) is 0.159. The summed E-state index contributed by atoms with van der Waals surface area (Å²) in [7, 11) is 0. The predicted molar refractivity (Wildman–Crippen MR) is 188 cm³/mol. The lowest BCUT2D eigenvalue weighted by Gasteiger charge is -2.46. The number of ether oxygens (including phenoxy) is 5. The smallest absolute Gasteiger partial charge is 0.155 e. The van der Waals surface area contributed by atoms with Gasteiger partial charge >= 0.3 is 0 Å². The Morgan fingerprint density at radius 1 is 0.468 bits per heavy atom. The van der Waals surface area contributed by atoms with Crippen molar-refractivity contribution >= 4 is 0 Å². The first-order valence-corrected chi connectivity index (χ1v) is 19.8. The molecule has 0 spiro atoms. The summed E-state index contributed by atoms with van der Waals surface area (Å²) in [6, 6.07) is 0. The minimum Gasteiger partial charge on any atom is -0.393 e. The van der Waals surface area contributed by atoms with Crippen molar-refractivity contribution in [1.29, 1.82) is 0 Å². The molecule has 4 aliphatic carbocycles. The Morgan fingerprint density at radius 3 is 1.21 bits per heavy atom. The van der Waals surface area contributed by atoms with Crippen molar-refractivity contribution in [2.24, 2.45) is 34.5 Å². The normalized spacial score (nSPS) is 35.6. The van der Waals surface area contributed by atoms with Crippen LogP contribution < -0.4 is 0 Å². The fourth-order valence-corrected chi connectivity index (χ4v) is 9.79. The van der Waals surface area contributed by atoms with Crippen molar-refractivity contribution in [3.8, 4) is 0 Å². The van der Waals surface area contributed by atoms with E-state index in [-0.39, 0.29) is 49.2 Å². The highest BCUT2D eigenvalue weighted by molar-refractivity contribution is 4.92. The molecule has 4 atom stereocenters. The fourth-order valence-electron chi connectivity index (χ4n) is 9.79. The van der Waals surface area contributed by atoms with Crippen LogP contribution in [0.4, 0.5) is 0 Å². The van der Waals surface area contributed by atoms with Gasteiger partial charge < -0.3 is 33.9 Å². The topological polar surface area (TPSA) is 86.6 Å². The summed E-state index contributed by atoms with van der Waals surface area (Å²) in [6.45, 7) is 19.0.